The van der Waals surface area contributed by atoms with Crippen molar-refractivity contribution in [1.82, 2.24) is 20.1 Å². The highest BCUT2D eigenvalue weighted by Crippen LogP contribution is 2.36. The van der Waals surface area contributed by atoms with Crippen LogP contribution in [-0.2, 0) is 6.18 Å². The summed E-state index contributed by atoms with van der Waals surface area (Å²) in [6.07, 6.45) is -2.46. The van der Waals surface area contributed by atoms with E-state index in [0.717, 1.165) is 32.0 Å². The molecule has 0 saturated carbocycles. The van der Waals surface area contributed by atoms with Crippen LogP contribution < -0.4 is 5.32 Å². The van der Waals surface area contributed by atoms with Crippen molar-refractivity contribution in [3.63, 3.8) is 0 Å². The van der Waals surface area contributed by atoms with E-state index >= 15 is 0 Å². The van der Waals surface area contributed by atoms with Gasteiger partial charge in [-0.25, -0.2) is 4.98 Å². The number of aromatic nitrogens is 3. The third-order valence-electron chi connectivity index (χ3n) is 5.14. The molecule has 2 heterocycles. The van der Waals surface area contributed by atoms with Crippen molar-refractivity contribution >= 4 is 5.95 Å². The minimum atomic E-state index is -4.52. The highest BCUT2D eigenvalue weighted by molar-refractivity contribution is 5.69. The van der Waals surface area contributed by atoms with Gasteiger partial charge < -0.3 is 10.4 Å². The molecule has 1 aromatic heterocycles. The van der Waals surface area contributed by atoms with Gasteiger partial charge >= 0.3 is 6.18 Å². The molecule has 1 aromatic carbocycles. The average Bonchev–Trinajstić information content (AvgIpc) is 2.61. The summed E-state index contributed by atoms with van der Waals surface area (Å²) in [5, 5.41) is 21.6. The van der Waals surface area contributed by atoms with Crippen molar-refractivity contribution in [2.45, 2.75) is 58.3 Å². The summed E-state index contributed by atoms with van der Waals surface area (Å²) < 4.78 is 38.4. The SMILES string of the molecule is Cc1nc(NC2CCCN(C(C)(C)C)C2)nnc1-c1ccc(C(F)(F)F)cc1O. The largest absolute Gasteiger partial charge is 0.507 e. The van der Waals surface area contributed by atoms with Gasteiger partial charge in [-0.1, -0.05) is 0 Å². The lowest BCUT2D eigenvalue weighted by atomic mass is 9.98. The fourth-order valence-corrected chi connectivity index (χ4v) is 3.51. The van der Waals surface area contributed by atoms with Gasteiger partial charge in [-0.3, -0.25) is 4.90 Å². The van der Waals surface area contributed by atoms with Crippen LogP contribution in [0.5, 0.6) is 5.75 Å². The van der Waals surface area contributed by atoms with Gasteiger partial charge in [-0.2, -0.15) is 13.2 Å². The second-order valence-corrected chi connectivity index (χ2v) is 8.40. The molecular formula is C20H26F3N5O. The molecule has 158 valence electrons. The normalized spacial score (nSPS) is 18.7. The predicted octanol–water partition coefficient (Wildman–Crippen LogP) is 4.25. The number of benzene rings is 1. The van der Waals surface area contributed by atoms with Gasteiger partial charge in [0.15, 0.2) is 0 Å². The van der Waals surface area contributed by atoms with E-state index in [1.807, 2.05) is 0 Å². The van der Waals surface area contributed by atoms with Crippen LogP contribution in [0.15, 0.2) is 18.2 Å². The number of hydrogen-bond donors (Lipinski definition) is 2. The lowest BCUT2D eigenvalue weighted by Crippen LogP contribution is -2.50. The van der Waals surface area contributed by atoms with Crippen molar-refractivity contribution in [3.05, 3.63) is 29.5 Å². The van der Waals surface area contributed by atoms with Crippen LogP contribution in [0.25, 0.3) is 11.3 Å². The van der Waals surface area contributed by atoms with E-state index in [2.05, 4.69) is 46.2 Å². The summed E-state index contributed by atoms with van der Waals surface area (Å²) >= 11 is 0. The molecule has 3 rings (SSSR count). The molecule has 2 N–H and O–H groups in total. The molecular weight excluding hydrogens is 383 g/mol. The number of phenolic OH excluding ortho intramolecular Hbond substituents is 1. The van der Waals surface area contributed by atoms with Crippen molar-refractivity contribution in [1.29, 1.82) is 0 Å². The molecule has 1 unspecified atom stereocenters. The average molecular weight is 409 g/mol. The van der Waals surface area contributed by atoms with E-state index in [1.54, 1.807) is 6.92 Å². The number of anilines is 1. The van der Waals surface area contributed by atoms with Crippen molar-refractivity contribution < 1.29 is 18.3 Å². The predicted molar refractivity (Wildman–Crippen MR) is 105 cm³/mol. The van der Waals surface area contributed by atoms with E-state index in [-0.39, 0.29) is 22.8 Å². The van der Waals surface area contributed by atoms with Crippen LogP contribution in [0.3, 0.4) is 0 Å². The number of piperidine rings is 1. The Bertz CT molecular complexity index is 879. The molecule has 9 heteroatoms. The number of rotatable bonds is 3. The third-order valence-corrected chi connectivity index (χ3v) is 5.14. The molecule has 1 atom stereocenters. The number of halogens is 3. The van der Waals surface area contributed by atoms with Gasteiger partial charge in [0.05, 0.1) is 11.3 Å². The molecule has 29 heavy (non-hydrogen) atoms. The van der Waals surface area contributed by atoms with Gasteiger partial charge in [-0.15, -0.1) is 10.2 Å². The van der Waals surface area contributed by atoms with Crippen LogP contribution >= 0.6 is 0 Å². The van der Waals surface area contributed by atoms with Crippen LogP contribution in [0.2, 0.25) is 0 Å². The quantitative estimate of drug-likeness (QED) is 0.790. The van der Waals surface area contributed by atoms with Gasteiger partial charge in [0.25, 0.3) is 0 Å². The summed E-state index contributed by atoms with van der Waals surface area (Å²) in [6, 6.07) is 2.97. The first-order chi connectivity index (χ1) is 13.4. The minimum absolute atomic E-state index is 0.0827. The number of aryl methyl sites for hydroxylation is 1. The molecule has 2 aromatic rings. The smallest absolute Gasteiger partial charge is 0.416 e. The first-order valence-corrected chi connectivity index (χ1v) is 9.58. The number of nitrogens with zero attached hydrogens (tertiary/aromatic N) is 4. The number of hydrogen-bond acceptors (Lipinski definition) is 6. The van der Waals surface area contributed by atoms with Crippen LogP contribution in [-0.4, -0.2) is 49.9 Å². The Morgan fingerprint density at radius 1 is 1.17 bits per heavy atom. The van der Waals surface area contributed by atoms with Crippen LogP contribution in [0, 0.1) is 6.92 Å². The summed E-state index contributed by atoms with van der Waals surface area (Å²) in [5.74, 6) is -0.133. The molecule has 1 aliphatic rings. The Morgan fingerprint density at radius 3 is 2.48 bits per heavy atom. The van der Waals surface area contributed by atoms with Gasteiger partial charge in [0.1, 0.15) is 11.4 Å². The molecule has 1 aliphatic heterocycles. The van der Waals surface area contributed by atoms with E-state index < -0.39 is 17.5 Å². The zero-order valence-corrected chi connectivity index (χ0v) is 17.0. The van der Waals surface area contributed by atoms with Crippen LogP contribution in [0.1, 0.15) is 44.9 Å². The van der Waals surface area contributed by atoms with E-state index in [4.69, 9.17) is 0 Å². The Kier molecular flexibility index (Phi) is 5.71. The summed E-state index contributed by atoms with van der Waals surface area (Å²) in [4.78, 5) is 6.81. The number of aromatic hydroxyl groups is 1. The van der Waals surface area contributed by atoms with E-state index in [0.29, 0.717) is 17.7 Å². The summed E-state index contributed by atoms with van der Waals surface area (Å²) in [5.41, 5.74) is 0.0528. The third kappa shape index (κ3) is 4.95. The molecule has 0 spiro atoms. The van der Waals surface area contributed by atoms with Gasteiger partial charge in [0, 0.05) is 23.7 Å². The first-order valence-electron chi connectivity index (χ1n) is 9.58. The molecule has 0 radical (unpaired) electrons. The number of phenols is 1. The minimum Gasteiger partial charge on any atom is -0.507 e. The van der Waals surface area contributed by atoms with Crippen molar-refractivity contribution in [2.24, 2.45) is 0 Å². The fraction of sp³-hybridized carbons (Fsp3) is 0.550. The maximum atomic E-state index is 12.8. The topological polar surface area (TPSA) is 74.2 Å². The molecule has 6 nitrogen and oxygen atoms in total. The first kappa shape index (κ1) is 21.3. The molecule has 0 amide bonds. The number of alkyl halides is 3. The highest BCUT2D eigenvalue weighted by atomic mass is 19.4. The lowest BCUT2D eigenvalue weighted by molar-refractivity contribution is -0.137. The molecule has 1 saturated heterocycles. The molecule has 0 bridgehead atoms. The zero-order chi connectivity index (χ0) is 21.4. The standard InChI is InChI=1S/C20H26F3N5O/c1-12-17(15-8-7-13(10-16(15)29)20(21,22)23)26-27-18(24-12)25-14-6-5-9-28(11-14)19(2,3)4/h7-8,10,14,29H,5-6,9,11H2,1-4H3,(H,24,25,27). The second kappa shape index (κ2) is 7.78. The highest BCUT2D eigenvalue weighted by Gasteiger charge is 2.32. The maximum Gasteiger partial charge on any atom is 0.416 e. The number of likely N-dealkylation sites (tertiary alicyclic amines) is 1. The van der Waals surface area contributed by atoms with E-state index in [9.17, 15) is 18.3 Å². The molecule has 1 fully saturated rings. The van der Waals surface area contributed by atoms with Crippen molar-refractivity contribution in [3.8, 4) is 17.0 Å². The zero-order valence-electron chi connectivity index (χ0n) is 17.0. The Labute approximate surface area is 168 Å². The fourth-order valence-electron chi connectivity index (χ4n) is 3.51. The lowest BCUT2D eigenvalue weighted by Gasteiger charge is -2.41. The van der Waals surface area contributed by atoms with E-state index in [1.165, 1.54) is 6.07 Å². The Balaban J connectivity index is 1.77. The summed E-state index contributed by atoms with van der Waals surface area (Å²) in [6.45, 7) is 10.2. The monoisotopic (exact) mass is 409 g/mol. The van der Waals surface area contributed by atoms with Gasteiger partial charge in [0.2, 0.25) is 5.95 Å². The Hall–Kier alpha value is -2.42. The molecule has 0 aliphatic carbocycles. The van der Waals surface area contributed by atoms with Crippen LogP contribution in [0.4, 0.5) is 19.1 Å². The number of nitrogens with one attached hydrogen (secondary N) is 1. The Morgan fingerprint density at radius 2 is 1.90 bits per heavy atom. The summed E-state index contributed by atoms with van der Waals surface area (Å²) in [7, 11) is 0. The maximum absolute atomic E-state index is 12.8. The van der Waals surface area contributed by atoms with Crippen molar-refractivity contribution in [2.75, 3.05) is 18.4 Å². The van der Waals surface area contributed by atoms with Gasteiger partial charge in [-0.05, 0) is 65.3 Å². The second-order valence-electron chi connectivity index (χ2n) is 8.40.